The molecule has 11 heteroatoms. The molecule has 0 bridgehead atoms. The average Bonchev–Trinajstić information content (AvgIpc) is 2.78. The number of hydrogen-bond acceptors (Lipinski definition) is 4. The number of halogens is 4. The first-order valence-electron chi connectivity index (χ1n) is 9.31. The third-order valence-corrected chi connectivity index (χ3v) is 4.85. The van der Waals surface area contributed by atoms with E-state index < -0.39 is 29.5 Å². The minimum atomic E-state index is -4.67. The highest BCUT2D eigenvalue weighted by Crippen LogP contribution is 2.37. The summed E-state index contributed by atoms with van der Waals surface area (Å²) in [5, 5.41) is 4.85. The van der Waals surface area contributed by atoms with E-state index in [1.165, 1.54) is 48.5 Å². The zero-order valence-electron chi connectivity index (χ0n) is 17.0. The van der Waals surface area contributed by atoms with Gasteiger partial charge in [0.1, 0.15) is 11.6 Å². The number of hydrogen-bond donors (Lipinski definition) is 3. The second-order valence-corrected chi connectivity index (χ2v) is 7.04. The van der Waals surface area contributed by atoms with Crippen LogP contribution in [0.3, 0.4) is 0 Å². The van der Waals surface area contributed by atoms with Crippen LogP contribution in [0.1, 0.15) is 15.9 Å². The molecular weight excluding hydrogens is 462 g/mol. The van der Waals surface area contributed by atoms with Crippen molar-refractivity contribution >= 4 is 41.8 Å². The molecule has 0 radical (unpaired) electrons. The van der Waals surface area contributed by atoms with E-state index in [0.717, 1.165) is 29.6 Å². The number of anilines is 3. The Morgan fingerprint density at radius 3 is 2.18 bits per heavy atom. The van der Waals surface area contributed by atoms with Gasteiger partial charge >= 0.3 is 12.2 Å². The zero-order valence-corrected chi connectivity index (χ0v) is 17.9. The maximum Gasteiger partial charge on any atom is 0.420 e. The standard InChI is InChI=1S/C22H17F4N3O3S/c1-32-19-11-8-14(12-17(19)22(24,25)26)28-21(31)29(33)15-9-6-13(7-10-15)27-20(30)16-4-2-3-5-18(16)23/h2-12,33H,1H3,(H,27,30)(H,28,31). The predicted octanol–water partition coefficient (Wildman–Crippen LogP) is 5.99. The Kier molecular flexibility index (Phi) is 7.12. The van der Waals surface area contributed by atoms with Crippen LogP contribution in [-0.4, -0.2) is 19.0 Å². The number of methoxy groups -OCH3 is 1. The first-order chi connectivity index (χ1) is 15.6. The van der Waals surface area contributed by atoms with Gasteiger partial charge in [-0.2, -0.15) is 13.2 Å². The van der Waals surface area contributed by atoms with Gasteiger partial charge in [0.15, 0.2) is 0 Å². The smallest absolute Gasteiger partial charge is 0.420 e. The first-order valence-corrected chi connectivity index (χ1v) is 9.71. The molecule has 3 amide bonds. The summed E-state index contributed by atoms with van der Waals surface area (Å²) in [6.07, 6.45) is -4.67. The highest BCUT2D eigenvalue weighted by Gasteiger charge is 2.34. The van der Waals surface area contributed by atoms with Crippen LogP contribution >= 0.6 is 12.8 Å². The van der Waals surface area contributed by atoms with E-state index in [-0.39, 0.29) is 22.7 Å². The molecule has 6 nitrogen and oxygen atoms in total. The van der Waals surface area contributed by atoms with Crippen LogP contribution < -0.4 is 19.7 Å². The number of alkyl halides is 3. The monoisotopic (exact) mass is 479 g/mol. The second kappa shape index (κ2) is 9.82. The van der Waals surface area contributed by atoms with Crippen molar-refractivity contribution in [2.24, 2.45) is 0 Å². The van der Waals surface area contributed by atoms with E-state index >= 15 is 0 Å². The van der Waals surface area contributed by atoms with E-state index in [9.17, 15) is 27.2 Å². The summed E-state index contributed by atoms with van der Waals surface area (Å²) in [5.74, 6) is -1.70. The van der Waals surface area contributed by atoms with Gasteiger partial charge < -0.3 is 15.4 Å². The Bertz CT molecular complexity index is 1170. The molecule has 0 atom stereocenters. The van der Waals surface area contributed by atoms with Gasteiger partial charge in [0.2, 0.25) is 0 Å². The van der Waals surface area contributed by atoms with Gasteiger partial charge in [-0.25, -0.2) is 13.5 Å². The number of thiol groups is 1. The normalized spacial score (nSPS) is 11.0. The SMILES string of the molecule is COc1ccc(NC(=O)N(S)c2ccc(NC(=O)c3ccccc3F)cc2)cc1C(F)(F)F. The third kappa shape index (κ3) is 5.75. The van der Waals surface area contributed by atoms with Crippen LogP contribution in [0.5, 0.6) is 5.75 Å². The molecule has 33 heavy (non-hydrogen) atoms. The molecule has 0 saturated carbocycles. The third-order valence-electron chi connectivity index (χ3n) is 4.44. The summed E-state index contributed by atoms with van der Waals surface area (Å²) in [5.41, 5.74) is -0.678. The molecule has 0 fully saturated rings. The summed E-state index contributed by atoms with van der Waals surface area (Å²) in [4.78, 5) is 24.6. The molecule has 3 aromatic carbocycles. The lowest BCUT2D eigenvalue weighted by Gasteiger charge is -2.18. The topological polar surface area (TPSA) is 70.7 Å². The van der Waals surface area contributed by atoms with E-state index in [4.69, 9.17) is 4.74 Å². The highest BCUT2D eigenvalue weighted by molar-refractivity contribution is 7.82. The summed E-state index contributed by atoms with van der Waals surface area (Å²) >= 11 is 4.08. The Morgan fingerprint density at radius 2 is 1.58 bits per heavy atom. The Labute approximate surface area is 191 Å². The number of carbonyl (C=O) groups excluding carboxylic acids is 2. The van der Waals surface area contributed by atoms with Crippen molar-refractivity contribution in [3.63, 3.8) is 0 Å². The van der Waals surface area contributed by atoms with Crippen molar-refractivity contribution in [3.05, 3.63) is 83.7 Å². The quantitative estimate of drug-likeness (QED) is 0.311. The van der Waals surface area contributed by atoms with Gasteiger partial charge in [-0.1, -0.05) is 24.9 Å². The van der Waals surface area contributed by atoms with Crippen molar-refractivity contribution in [3.8, 4) is 5.75 Å². The molecule has 2 N–H and O–H groups in total. The van der Waals surface area contributed by atoms with Crippen molar-refractivity contribution in [2.45, 2.75) is 6.18 Å². The van der Waals surface area contributed by atoms with Crippen molar-refractivity contribution < 1.29 is 31.9 Å². The number of nitrogens with one attached hydrogen (secondary N) is 2. The molecule has 0 heterocycles. The minimum absolute atomic E-state index is 0.110. The second-order valence-electron chi connectivity index (χ2n) is 6.64. The van der Waals surface area contributed by atoms with Crippen LogP contribution in [0, 0.1) is 5.82 Å². The van der Waals surface area contributed by atoms with Crippen LogP contribution in [0.15, 0.2) is 66.7 Å². The maximum absolute atomic E-state index is 13.7. The number of ether oxygens (including phenoxy) is 1. The lowest BCUT2D eigenvalue weighted by atomic mass is 10.1. The fourth-order valence-electron chi connectivity index (χ4n) is 2.83. The molecule has 0 unspecified atom stereocenters. The summed E-state index contributed by atoms with van der Waals surface area (Å²) in [7, 11) is 1.11. The van der Waals surface area contributed by atoms with E-state index in [1.54, 1.807) is 0 Å². The van der Waals surface area contributed by atoms with Gasteiger partial charge in [0, 0.05) is 11.4 Å². The molecule has 0 aromatic heterocycles. The summed E-state index contributed by atoms with van der Waals surface area (Å²) in [6.45, 7) is 0. The Balaban J connectivity index is 1.69. The number of benzene rings is 3. The lowest BCUT2D eigenvalue weighted by Crippen LogP contribution is -2.27. The molecule has 0 aliphatic rings. The fourth-order valence-corrected chi connectivity index (χ4v) is 3.01. The molecule has 0 aliphatic carbocycles. The number of amides is 3. The van der Waals surface area contributed by atoms with Crippen LogP contribution in [0.4, 0.5) is 39.4 Å². The van der Waals surface area contributed by atoms with Crippen molar-refractivity contribution in [2.75, 3.05) is 22.0 Å². The molecule has 3 aromatic rings. The van der Waals surface area contributed by atoms with Gasteiger partial charge in [0.25, 0.3) is 5.91 Å². The molecular formula is C22H17F4N3O3S. The molecule has 0 aliphatic heterocycles. The number of rotatable bonds is 5. The van der Waals surface area contributed by atoms with E-state index in [0.29, 0.717) is 5.69 Å². The number of urea groups is 1. The highest BCUT2D eigenvalue weighted by atomic mass is 32.1. The Hall–Kier alpha value is -3.73. The number of nitrogens with zero attached hydrogens (tertiary/aromatic N) is 1. The van der Waals surface area contributed by atoms with Gasteiger partial charge in [-0.3, -0.25) is 4.79 Å². The molecule has 0 spiro atoms. The lowest BCUT2D eigenvalue weighted by molar-refractivity contribution is -0.138. The summed E-state index contributed by atoms with van der Waals surface area (Å²) < 4.78 is 58.8. The largest absolute Gasteiger partial charge is 0.496 e. The fraction of sp³-hybridized carbons (Fsp3) is 0.0909. The van der Waals surface area contributed by atoms with E-state index in [2.05, 4.69) is 23.4 Å². The summed E-state index contributed by atoms with van der Waals surface area (Å²) in [6, 6.07) is 13.6. The molecule has 0 saturated heterocycles. The maximum atomic E-state index is 13.7. The van der Waals surface area contributed by atoms with Gasteiger partial charge in [0.05, 0.1) is 23.9 Å². The van der Waals surface area contributed by atoms with Crippen molar-refractivity contribution in [1.29, 1.82) is 0 Å². The van der Waals surface area contributed by atoms with Crippen molar-refractivity contribution in [1.82, 2.24) is 0 Å². The van der Waals surface area contributed by atoms with Crippen LogP contribution in [0.2, 0.25) is 0 Å². The van der Waals surface area contributed by atoms with Crippen LogP contribution in [0.25, 0.3) is 0 Å². The zero-order chi connectivity index (χ0) is 24.2. The average molecular weight is 479 g/mol. The van der Waals surface area contributed by atoms with E-state index in [1.807, 2.05) is 0 Å². The van der Waals surface area contributed by atoms with Gasteiger partial charge in [-0.15, -0.1) is 0 Å². The first kappa shape index (κ1) is 23.9. The molecule has 172 valence electrons. The molecule has 3 rings (SSSR count). The number of carbonyl (C=O) groups is 2. The van der Waals surface area contributed by atoms with Crippen LogP contribution in [-0.2, 0) is 6.18 Å². The minimum Gasteiger partial charge on any atom is -0.496 e. The predicted molar refractivity (Wildman–Crippen MR) is 119 cm³/mol. The van der Waals surface area contributed by atoms with Gasteiger partial charge in [-0.05, 0) is 54.6 Å². The Morgan fingerprint density at radius 1 is 0.939 bits per heavy atom.